The summed E-state index contributed by atoms with van der Waals surface area (Å²) in [5.74, 6) is 0.0457. The third-order valence-electron chi connectivity index (χ3n) is 3.37. The number of nitrogens with zero attached hydrogens (tertiary/aromatic N) is 1. The topological polar surface area (TPSA) is 63.7 Å². The minimum atomic E-state index is -3.27. The summed E-state index contributed by atoms with van der Waals surface area (Å²) in [5.41, 5.74) is 0. The number of methoxy groups -OCH3 is 1. The lowest BCUT2D eigenvalue weighted by Crippen LogP contribution is -2.36. The van der Waals surface area contributed by atoms with Crippen LogP contribution in [0, 0.1) is 5.92 Å². The van der Waals surface area contributed by atoms with E-state index in [1.165, 1.54) is 11.4 Å². The van der Waals surface area contributed by atoms with Crippen LogP contribution in [0.4, 0.5) is 0 Å². The molecule has 0 saturated heterocycles. The Kier molecular flexibility index (Phi) is 9.01. The summed E-state index contributed by atoms with van der Waals surface area (Å²) in [6.45, 7) is 7.05. The van der Waals surface area contributed by atoms with Gasteiger partial charge in [0.1, 0.15) is 0 Å². The summed E-state index contributed by atoms with van der Waals surface area (Å²) in [6, 6.07) is 0. The van der Waals surface area contributed by atoms with Crippen LogP contribution < -0.4 is 0 Å². The monoisotopic (exact) mass is 293 g/mol. The number of hydrogen-bond acceptors (Lipinski definition) is 4. The van der Waals surface area contributed by atoms with Gasteiger partial charge in [-0.25, -0.2) is 12.7 Å². The van der Waals surface area contributed by atoms with Gasteiger partial charge < -0.3 is 4.74 Å². The molecule has 0 aromatic carbocycles. The Bertz CT molecular complexity index is 350. The Morgan fingerprint density at radius 3 is 2.21 bits per heavy atom. The number of esters is 1. The molecule has 0 aliphatic heterocycles. The SMILES string of the molecule is CCC(CC)CN(CC)S(=O)(=O)CCCC(=O)OC. The highest BCUT2D eigenvalue weighted by Crippen LogP contribution is 2.14. The van der Waals surface area contributed by atoms with Crippen molar-refractivity contribution in [2.24, 2.45) is 5.92 Å². The molecule has 0 aliphatic rings. The predicted molar refractivity (Wildman–Crippen MR) is 76.4 cm³/mol. The van der Waals surface area contributed by atoms with Crippen molar-refractivity contribution in [2.45, 2.75) is 46.5 Å². The quantitative estimate of drug-likeness (QED) is 0.578. The molecule has 0 bridgehead atoms. The van der Waals surface area contributed by atoms with Crippen LogP contribution in [-0.4, -0.2) is 44.6 Å². The van der Waals surface area contributed by atoms with Crippen LogP contribution in [0.15, 0.2) is 0 Å². The van der Waals surface area contributed by atoms with E-state index in [2.05, 4.69) is 18.6 Å². The van der Waals surface area contributed by atoms with Crippen LogP contribution in [-0.2, 0) is 19.6 Å². The fourth-order valence-electron chi connectivity index (χ4n) is 1.90. The zero-order valence-electron chi connectivity index (χ0n) is 12.5. The zero-order valence-corrected chi connectivity index (χ0v) is 13.3. The molecular formula is C13H27NO4S. The van der Waals surface area contributed by atoms with Crippen LogP contribution in [0.2, 0.25) is 0 Å². The van der Waals surface area contributed by atoms with Crippen LogP contribution in [0.3, 0.4) is 0 Å². The first-order valence-corrected chi connectivity index (χ1v) is 8.56. The summed E-state index contributed by atoms with van der Waals surface area (Å²) < 4.78 is 30.4. The Labute approximate surface area is 117 Å². The van der Waals surface area contributed by atoms with Crippen LogP contribution in [0.1, 0.15) is 46.5 Å². The molecule has 0 aromatic rings. The van der Waals surface area contributed by atoms with E-state index in [4.69, 9.17) is 0 Å². The number of ether oxygens (including phenoxy) is 1. The Morgan fingerprint density at radius 2 is 1.79 bits per heavy atom. The molecule has 0 radical (unpaired) electrons. The molecule has 0 N–H and O–H groups in total. The highest BCUT2D eigenvalue weighted by molar-refractivity contribution is 7.89. The smallest absolute Gasteiger partial charge is 0.305 e. The van der Waals surface area contributed by atoms with E-state index in [-0.39, 0.29) is 18.1 Å². The summed E-state index contributed by atoms with van der Waals surface area (Å²) in [6.07, 6.45) is 2.42. The van der Waals surface area contributed by atoms with Gasteiger partial charge in [-0.3, -0.25) is 4.79 Å². The third-order valence-corrected chi connectivity index (χ3v) is 5.37. The van der Waals surface area contributed by atoms with Gasteiger partial charge in [0, 0.05) is 19.5 Å². The molecule has 0 amide bonds. The van der Waals surface area contributed by atoms with Crippen molar-refractivity contribution in [3.05, 3.63) is 0 Å². The molecule has 0 atom stereocenters. The number of rotatable bonds is 10. The van der Waals surface area contributed by atoms with Crippen molar-refractivity contribution in [3.63, 3.8) is 0 Å². The maximum absolute atomic E-state index is 12.2. The molecule has 0 rings (SSSR count). The lowest BCUT2D eigenvalue weighted by Gasteiger charge is -2.24. The van der Waals surface area contributed by atoms with Gasteiger partial charge in [-0.1, -0.05) is 33.6 Å². The summed E-state index contributed by atoms with van der Waals surface area (Å²) >= 11 is 0. The molecule has 0 unspecified atom stereocenters. The predicted octanol–water partition coefficient (Wildman–Crippen LogP) is 2.03. The Morgan fingerprint density at radius 1 is 1.21 bits per heavy atom. The van der Waals surface area contributed by atoms with Crippen LogP contribution >= 0.6 is 0 Å². The number of carbonyl (C=O) groups excluding carboxylic acids is 1. The van der Waals surface area contributed by atoms with Gasteiger partial charge in [-0.05, 0) is 12.3 Å². The minimum Gasteiger partial charge on any atom is -0.469 e. The van der Waals surface area contributed by atoms with E-state index >= 15 is 0 Å². The third kappa shape index (κ3) is 6.92. The lowest BCUT2D eigenvalue weighted by molar-refractivity contribution is -0.140. The molecule has 5 nitrogen and oxygen atoms in total. The van der Waals surface area contributed by atoms with Gasteiger partial charge in [0.2, 0.25) is 10.0 Å². The summed E-state index contributed by atoms with van der Waals surface area (Å²) in [5, 5.41) is 0. The molecule has 0 spiro atoms. The van der Waals surface area contributed by atoms with Crippen molar-refractivity contribution in [2.75, 3.05) is 26.0 Å². The number of carbonyl (C=O) groups is 1. The highest BCUT2D eigenvalue weighted by atomic mass is 32.2. The Hall–Kier alpha value is -0.620. The van der Waals surface area contributed by atoms with Crippen LogP contribution in [0.5, 0.6) is 0 Å². The van der Waals surface area contributed by atoms with E-state index < -0.39 is 10.0 Å². The van der Waals surface area contributed by atoms with E-state index in [0.717, 1.165) is 12.8 Å². The average molecular weight is 293 g/mol. The van der Waals surface area contributed by atoms with Crippen molar-refractivity contribution in [3.8, 4) is 0 Å². The second kappa shape index (κ2) is 9.31. The molecule has 0 fully saturated rings. The van der Waals surface area contributed by atoms with Gasteiger partial charge in [-0.15, -0.1) is 0 Å². The first-order valence-electron chi connectivity index (χ1n) is 6.95. The fourth-order valence-corrected chi connectivity index (χ4v) is 3.50. The maximum atomic E-state index is 12.2. The van der Waals surface area contributed by atoms with E-state index in [0.29, 0.717) is 25.4 Å². The van der Waals surface area contributed by atoms with Crippen molar-refractivity contribution < 1.29 is 17.9 Å². The first-order chi connectivity index (χ1) is 8.91. The molecule has 0 aliphatic carbocycles. The van der Waals surface area contributed by atoms with Crippen molar-refractivity contribution in [1.29, 1.82) is 0 Å². The van der Waals surface area contributed by atoms with Gasteiger partial charge >= 0.3 is 5.97 Å². The highest BCUT2D eigenvalue weighted by Gasteiger charge is 2.22. The molecular weight excluding hydrogens is 266 g/mol. The van der Waals surface area contributed by atoms with Gasteiger partial charge in [0.05, 0.1) is 12.9 Å². The molecule has 19 heavy (non-hydrogen) atoms. The van der Waals surface area contributed by atoms with E-state index in [9.17, 15) is 13.2 Å². The minimum absolute atomic E-state index is 0.0100. The van der Waals surface area contributed by atoms with E-state index in [1.807, 2.05) is 6.92 Å². The van der Waals surface area contributed by atoms with Crippen LogP contribution in [0.25, 0.3) is 0 Å². The number of sulfonamides is 1. The molecule has 114 valence electrons. The average Bonchev–Trinajstić information content (AvgIpc) is 2.39. The molecule has 0 aromatic heterocycles. The molecule has 0 heterocycles. The van der Waals surface area contributed by atoms with Crippen molar-refractivity contribution >= 4 is 16.0 Å². The van der Waals surface area contributed by atoms with E-state index in [1.54, 1.807) is 0 Å². The lowest BCUT2D eigenvalue weighted by atomic mass is 10.0. The molecule has 0 saturated carbocycles. The second-order valence-electron chi connectivity index (χ2n) is 4.63. The molecule has 6 heteroatoms. The van der Waals surface area contributed by atoms with Crippen molar-refractivity contribution in [1.82, 2.24) is 4.31 Å². The van der Waals surface area contributed by atoms with Gasteiger partial charge in [0.15, 0.2) is 0 Å². The largest absolute Gasteiger partial charge is 0.469 e. The summed E-state index contributed by atoms with van der Waals surface area (Å²) in [7, 11) is -1.96. The first kappa shape index (κ1) is 18.4. The second-order valence-corrected chi connectivity index (χ2v) is 6.72. The maximum Gasteiger partial charge on any atom is 0.305 e. The Balaban J connectivity index is 4.44. The van der Waals surface area contributed by atoms with Gasteiger partial charge in [0.25, 0.3) is 0 Å². The van der Waals surface area contributed by atoms with Gasteiger partial charge in [-0.2, -0.15) is 0 Å². The zero-order chi connectivity index (χ0) is 14.9. The number of hydrogen-bond donors (Lipinski definition) is 0. The summed E-state index contributed by atoms with van der Waals surface area (Å²) in [4.78, 5) is 11.0. The standard InChI is InChI=1S/C13H27NO4S/c1-5-12(6-2)11-14(7-3)19(16,17)10-8-9-13(15)18-4/h12H,5-11H2,1-4H3. The fraction of sp³-hybridized carbons (Fsp3) is 0.923. The normalized spacial score (nSPS) is 12.1.